The lowest BCUT2D eigenvalue weighted by atomic mass is 10.1. The summed E-state index contributed by atoms with van der Waals surface area (Å²) in [6.45, 7) is 9.79. The zero-order valence-electron chi connectivity index (χ0n) is 11.8. The Morgan fingerprint density at radius 3 is 2.61 bits per heavy atom. The van der Waals surface area contributed by atoms with Crippen molar-refractivity contribution in [1.29, 1.82) is 0 Å². The number of benzene rings is 1. The molecule has 0 heterocycles. The lowest BCUT2D eigenvalue weighted by Crippen LogP contribution is -2.35. The maximum atomic E-state index is 3.56. The van der Waals surface area contributed by atoms with Crippen LogP contribution in [0.15, 0.2) is 27.6 Å². The van der Waals surface area contributed by atoms with Gasteiger partial charge in [-0.05, 0) is 50.6 Å². The molecule has 0 atom stereocenters. The maximum absolute atomic E-state index is 3.56. The van der Waals surface area contributed by atoms with Crippen LogP contribution in [0, 0.1) is 0 Å². The second kappa shape index (κ2) is 7.56. The smallest absolute Gasteiger partial charge is 0.0221 e. The highest BCUT2D eigenvalue weighted by Crippen LogP contribution is 2.27. The molecule has 0 spiro atoms. The van der Waals surface area contributed by atoms with Gasteiger partial charge in [0.25, 0.3) is 0 Å². The van der Waals surface area contributed by atoms with E-state index in [0.29, 0.717) is 0 Å². The molecule has 0 amide bonds. The Bertz CT molecular complexity index is 371. The van der Waals surface area contributed by atoms with Crippen molar-refractivity contribution in [3.63, 3.8) is 0 Å². The fourth-order valence-electron chi connectivity index (χ4n) is 1.50. The molecule has 0 saturated heterocycles. The van der Waals surface area contributed by atoms with E-state index in [1.165, 1.54) is 33.5 Å². The number of halogens is 1. The molecule has 0 radical (unpaired) electrons. The van der Waals surface area contributed by atoms with E-state index in [2.05, 4.69) is 67.1 Å². The predicted molar refractivity (Wildman–Crippen MR) is 86.4 cm³/mol. The zero-order chi connectivity index (χ0) is 13.6. The molecule has 0 aromatic heterocycles. The normalized spacial score (nSPS) is 11.8. The third-order valence-electron chi connectivity index (χ3n) is 2.59. The molecule has 0 aliphatic carbocycles. The third-order valence-corrected chi connectivity index (χ3v) is 4.27. The SMILES string of the molecule is CCCCSc1cc(Br)ccc1CNC(C)(C)C. The first-order valence-electron chi connectivity index (χ1n) is 6.58. The molecule has 1 N–H and O–H groups in total. The average Bonchev–Trinajstić information content (AvgIpc) is 2.27. The van der Waals surface area contributed by atoms with Crippen LogP contribution in [0.2, 0.25) is 0 Å². The molecule has 0 aliphatic rings. The van der Waals surface area contributed by atoms with Crippen molar-refractivity contribution in [3.8, 4) is 0 Å². The maximum Gasteiger partial charge on any atom is 0.0221 e. The Labute approximate surface area is 124 Å². The van der Waals surface area contributed by atoms with Crippen molar-refractivity contribution in [2.75, 3.05) is 5.75 Å². The molecule has 102 valence electrons. The zero-order valence-corrected chi connectivity index (χ0v) is 14.2. The molecule has 0 aliphatic heterocycles. The molecule has 1 nitrogen and oxygen atoms in total. The molecular formula is C15H24BrNS. The number of hydrogen-bond donors (Lipinski definition) is 1. The fourth-order valence-corrected chi connectivity index (χ4v) is 3.20. The van der Waals surface area contributed by atoms with E-state index < -0.39 is 0 Å². The van der Waals surface area contributed by atoms with Gasteiger partial charge in [0, 0.05) is 21.5 Å². The summed E-state index contributed by atoms with van der Waals surface area (Å²) in [7, 11) is 0. The van der Waals surface area contributed by atoms with Gasteiger partial charge in [-0.2, -0.15) is 0 Å². The summed E-state index contributed by atoms with van der Waals surface area (Å²) < 4.78 is 1.17. The van der Waals surface area contributed by atoms with Crippen LogP contribution in [-0.2, 0) is 6.54 Å². The first-order chi connectivity index (χ1) is 8.42. The van der Waals surface area contributed by atoms with Crippen LogP contribution in [0.4, 0.5) is 0 Å². The molecular weight excluding hydrogens is 306 g/mol. The minimum absolute atomic E-state index is 0.165. The topological polar surface area (TPSA) is 12.0 Å². The van der Waals surface area contributed by atoms with Gasteiger partial charge in [-0.3, -0.25) is 0 Å². The third kappa shape index (κ3) is 6.26. The van der Waals surface area contributed by atoms with Gasteiger partial charge in [0.1, 0.15) is 0 Å². The summed E-state index contributed by atoms with van der Waals surface area (Å²) in [5, 5.41) is 3.56. The number of nitrogens with one attached hydrogen (secondary N) is 1. The number of hydrogen-bond acceptors (Lipinski definition) is 2. The molecule has 0 unspecified atom stereocenters. The highest BCUT2D eigenvalue weighted by molar-refractivity contribution is 9.10. The van der Waals surface area contributed by atoms with Gasteiger partial charge in [0.05, 0.1) is 0 Å². The van der Waals surface area contributed by atoms with Gasteiger partial charge in [0.2, 0.25) is 0 Å². The molecule has 0 fully saturated rings. The minimum atomic E-state index is 0.165. The highest BCUT2D eigenvalue weighted by Gasteiger charge is 2.10. The molecule has 18 heavy (non-hydrogen) atoms. The standard InChI is InChI=1S/C15H24BrNS/c1-5-6-9-18-14-10-13(16)8-7-12(14)11-17-15(2,3)4/h7-8,10,17H,5-6,9,11H2,1-4H3. The van der Waals surface area contributed by atoms with Crippen LogP contribution in [-0.4, -0.2) is 11.3 Å². The Balaban J connectivity index is 2.70. The second-order valence-electron chi connectivity index (χ2n) is 5.56. The van der Waals surface area contributed by atoms with Gasteiger partial charge in [0.15, 0.2) is 0 Å². The average molecular weight is 330 g/mol. The van der Waals surface area contributed by atoms with Crippen molar-refractivity contribution in [2.45, 2.75) is 57.5 Å². The number of rotatable bonds is 6. The molecule has 1 aromatic carbocycles. The number of thioether (sulfide) groups is 1. The van der Waals surface area contributed by atoms with E-state index in [1.54, 1.807) is 0 Å². The van der Waals surface area contributed by atoms with E-state index in [-0.39, 0.29) is 5.54 Å². The fraction of sp³-hybridized carbons (Fsp3) is 0.600. The van der Waals surface area contributed by atoms with E-state index >= 15 is 0 Å². The van der Waals surface area contributed by atoms with Gasteiger partial charge in [-0.15, -0.1) is 11.8 Å². The van der Waals surface area contributed by atoms with Gasteiger partial charge in [-0.25, -0.2) is 0 Å². The van der Waals surface area contributed by atoms with Crippen molar-refractivity contribution in [2.24, 2.45) is 0 Å². The number of unbranched alkanes of at least 4 members (excludes halogenated alkanes) is 1. The molecule has 1 rings (SSSR count). The first-order valence-corrected chi connectivity index (χ1v) is 8.36. The summed E-state index contributed by atoms with van der Waals surface area (Å²) in [6, 6.07) is 6.58. The summed E-state index contributed by atoms with van der Waals surface area (Å²) >= 11 is 5.53. The van der Waals surface area contributed by atoms with Gasteiger partial charge < -0.3 is 5.32 Å². The quantitative estimate of drug-likeness (QED) is 0.566. The Morgan fingerprint density at radius 2 is 2.00 bits per heavy atom. The van der Waals surface area contributed by atoms with E-state index in [4.69, 9.17) is 0 Å². The lowest BCUT2D eigenvalue weighted by Gasteiger charge is -2.21. The molecule has 0 saturated carbocycles. The van der Waals surface area contributed by atoms with Gasteiger partial charge >= 0.3 is 0 Å². The van der Waals surface area contributed by atoms with Crippen LogP contribution >= 0.6 is 27.7 Å². The molecule has 1 aromatic rings. The Kier molecular flexibility index (Phi) is 6.75. The predicted octanol–water partition coefficient (Wildman–Crippen LogP) is 5.23. The second-order valence-corrected chi connectivity index (χ2v) is 7.61. The molecule has 3 heteroatoms. The van der Waals surface area contributed by atoms with Crippen molar-refractivity contribution in [3.05, 3.63) is 28.2 Å². The largest absolute Gasteiger partial charge is 0.308 e. The van der Waals surface area contributed by atoms with E-state index in [1.807, 2.05) is 11.8 Å². The van der Waals surface area contributed by atoms with E-state index in [9.17, 15) is 0 Å². The van der Waals surface area contributed by atoms with E-state index in [0.717, 1.165) is 6.54 Å². The summed E-state index contributed by atoms with van der Waals surface area (Å²) in [5.41, 5.74) is 1.56. The Hall–Kier alpha value is 0.01000. The summed E-state index contributed by atoms with van der Waals surface area (Å²) in [5.74, 6) is 1.20. The first kappa shape index (κ1) is 16.1. The summed E-state index contributed by atoms with van der Waals surface area (Å²) in [6.07, 6.45) is 2.54. The van der Waals surface area contributed by atoms with Crippen molar-refractivity contribution >= 4 is 27.7 Å². The monoisotopic (exact) mass is 329 g/mol. The van der Waals surface area contributed by atoms with Crippen LogP contribution in [0.1, 0.15) is 46.1 Å². The van der Waals surface area contributed by atoms with Gasteiger partial charge in [-0.1, -0.05) is 35.3 Å². The van der Waals surface area contributed by atoms with Crippen LogP contribution < -0.4 is 5.32 Å². The lowest BCUT2D eigenvalue weighted by molar-refractivity contribution is 0.422. The summed E-state index contributed by atoms with van der Waals surface area (Å²) in [4.78, 5) is 1.40. The van der Waals surface area contributed by atoms with Crippen molar-refractivity contribution in [1.82, 2.24) is 5.32 Å². The highest BCUT2D eigenvalue weighted by atomic mass is 79.9. The van der Waals surface area contributed by atoms with Crippen LogP contribution in [0.3, 0.4) is 0 Å². The van der Waals surface area contributed by atoms with Crippen LogP contribution in [0.5, 0.6) is 0 Å². The van der Waals surface area contributed by atoms with Crippen molar-refractivity contribution < 1.29 is 0 Å². The minimum Gasteiger partial charge on any atom is -0.308 e. The Morgan fingerprint density at radius 1 is 1.28 bits per heavy atom. The molecule has 0 bridgehead atoms. The van der Waals surface area contributed by atoms with Crippen LogP contribution in [0.25, 0.3) is 0 Å².